The smallest absolute Gasteiger partial charge is 0.208 e. The molecule has 29 heavy (non-hydrogen) atoms. The molecule has 0 fully saturated rings. The Morgan fingerprint density at radius 2 is 0.862 bits per heavy atom. The molecule has 0 spiro atoms. The van der Waals surface area contributed by atoms with Gasteiger partial charge in [-0.1, -0.05) is 13.8 Å². The first kappa shape index (κ1) is 20.1. The second-order valence-electron chi connectivity index (χ2n) is 6.62. The molecule has 0 aliphatic heterocycles. The third-order valence-electron chi connectivity index (χ3n) is 4.46. The largest absolute Gasteiger partial charge is 0.504 e. The molecule has 3 rings (SSSR count). The van der Waals surface area contributed by atoms with E-state index in [1.807, 2.05) is 13.8 Å². The summed E-state index contributed by atoms with van der Waals surface area (Å²) in [5.41, 5.74) is -2.07. The van der Waals surface area contributed by atoms with Gasteiger partial charge in [0.25, 0.3) is 0 Å². The Morgan fingerprint density at radius 1 is 0.517 bits per heavy atom. The summed E-state index contributed by atoms with van der Waals surface area (Å²) in [5, 5.41) is 90.8. The molecule has 0 amide bonds. The van der Waals surface area contributed by atoms with Crippen LogP contribution in [0.3, 0.4) is 0 Å². The van der Waals surface area contributed by atoms with Gasteiger partial charge in [-0.25, -0.2) is 0 Å². The molecule has 0 radical (unpaired) electrons. The molecule has 9 N–H and O–H groups in total. The number of aromatic hydroxyl groups is 9. The van der Waals surface area contributed by atoms with E-state index in [0.29, 0.717) is 4.88 Å². The van der Waals surface area contributed by atoms with Crippen LogP contribution in [0.15, 0.2) is 12.1 Å². The maximum absolute atomic E-state index is 10.5. The van der Waals surface area contributed by atoms with Gasteiger partial charge >= 0.3 is 0 Å². The van der Waals surface area contributed by atoms with Gasteiger partial charge in [-0.3, -0.25) is 0 Å². The van der Waals surface area contributed by atoms with E-state index in [1.54, 1.807) is 12.1 Å². The number of benzene rings is 2. The Balaban J connectivity index is 2.36. The van der Waals surface area contributed by atoms with Gasteiger partial charge < -0.3 is 46.0 Å². The highest BCUT2D eigenvalue weighted by molar-refractivity contribution is 7.15. The van der Waals surface area contributed by atoms with Crippen molar-refractivity contribution in [2.24, 2.45) is 0 Å². The average Bonchev–Trinajstić information content (AvgIpc) is 3.16. The standard InChI is InChI=1S/C19H18O9S/c1-5(2)6-3-4-7(29-6)8-11(20)13(22)9(14(23)12(8)21)10-15(24)17(26)19(28)18(27)16(10)25/h3-5,20-28H,1-2H3. The highest BCUT2D eigenvalue weighted by atomic mass is 32.1. The molecule has 0 aliphatic rings. The average molecular weight is 422 g/mol. The highest BCUT2D eigenvalue weighted by Crippen LogP contribution is 2.62. The molecular weight excluding hydrogens is 404 g/mol. The van der Waals surface area contributed by atoms with Crippen LogP contribution in [0.2, 0.25) is 0 Å². The van der Waals surface area contributed by atoms with E-state index in [-0.39, 0.29) is 11.5 Å². The number of rotatable bonds is 3. The Morgan fingerprint density at radius 3 is 1.24 bits per heavy atom. The van der Waals surface area contributed by atoms with Crippen molar-refractivity contribution in [3.05, 3.63) is 17.0 Å². The summed E-state index contributed by atoms with van der Waals surface area (Å²) in [6, 6.07) is 3.32. The lowest BCUT2D eigenvalue weighted by molar-refractivity contribution is 0.329. The molecule has 3 aromatic rings. The molecule has 0 unspecified atom stereocenters. The van der Waals surface area contributed by atoms with E-state index >= 15 is 0 Å². The van der Waals surface area contributed by atoms with Gasteiger partial charge in [-0.15, -0.1) is 11.3 Å². The molecule has 0 atom stereocenters. The Kier molecular flexibility index (Phi) is 4.67. The zero-order chi connectivity index (χ0) is 21.8. The number of thiophene rings is 1. The molecule has 1 aromatic heterocycles. The van der Waals surface area contributed by atoms with Crippen molar-refractivity contribution in [2.45, 2.75) is 19.8 Å². The van der Waals surface area contributed by atoms with Gasteiger partial charge in [-0.05, 0) is 18.1 Å². The second-order valence-corrected chi connectivity index (χ2v) is 7.73. The van der Waals surface area contributed by atoms with E-state index < -0.39 is 62.9 Å². The van der Waals surface area contributed by atoms with Crippen molar-refractivity contribution >= 4 is 11.3 Å². The molecule has 0 saturated carbocycles. The van der Waals surface area contributed by atoms with E-state index in [4.69, 9.17) is 0 Å². The summed E-state index contributed by atoms with van der Waals surface area (Å²) in [6.45, 7) is 3.87. The van der Waals surface area contributed by atoms with Crippen LogP contribution in [0.5, 0.6) is 51.7 Å². The summed E-state index contributed by atoms with van der Waals surface area (Å²) in [7, 11) is 0. The van der Waals surface area contributed by atoms with E-state index in [2.05, 4.69) is 0 Å². The SMILES string of the molecule is CC(C)c1ccc(-c2c(O)c(O)c(-c3c(O)c(O)c(O)c(O)c3O)c(O)c2O)s1. The summed E-state index contributed by atoms with van der Waals surface area (Å²) >= 11 is 1.20. The number of phenols is 9. The minimum Gasteiger partial charge on any atom is -0.504 e. The van der Waals surface area contributed by atoms with Crippen LogP contribution in [0, 0.1) is 0 Å². The van der Waals surface area contributed by atoms with Crippen LogP contribution in [0.4, 0.5) is 0 Å². The Hall–Kier alpha value is -3.66. The van der Waals surface area contributed by atoms with Crippen molar-refractivity contribution in [1.29, 1.82) is 0 Å². The summed E-state index contributed by atoms with van der Waals surface area (Å²) < 4.78 is 0. The van der Waals surface area contributed by atoms with Crippen molar-refractivity contribution in [3.63, 3.8) is 0 Å². The van der Waals surface area contributed by atoms with Crippen LogP contribution in [-0.2, 0) is 0 Å². The van der Waals surface area contributed by atoms with Crippen LogP contribution in [0.25, 0.3) is 21.6 Å². The normalized spacial score (nSPS) is 11.3. The molecular formula is C19H18O9S. The van der Waals surface area contributed by atoms with Crippen molar-refractivity contribution in [2.75, 3.05) is 0 Å². The van der Waals surface area contributed by atoms with Gasteiger partial charge in [0.15, 0.2) is 34.5 Å². The number of hydrogen-bond acceptors (Lipinski definition) is 10. The van der Waals surface area contributed by atoms with Crippen LogP contribution in [-0.4, -0.2) is 46.0 Å². The zero-order valence-corrected chi connectivity index (χ0v) is 16.0. The van der Waals surface area contributed by atoms with Crippen LogP contribution >= 0.6 is 11.3 Å². The minimum atomic E-state index is -1.25. The van der Waals surface area contributed by atoms with E-state index in [0.717, 1.165) is 4.88 Å². The molecule has 154 valence electrons. The number of hydrogen-bond donors (Lipinski definition) is 9. The summed E-state index contributed by atoms with van der Waals surface area (Å²) in [5.74, 6) is -9.88. The first-order valence-corrected chi connectivity index (χ1v) is 9.09. The van der Waals surface area contributed by atoms with Crippen molar-refractivity contribution in [1.82, 2.24) is 0 Å². The zero-order valence-electron chi connectivity index (χ0n) is 15.2. The van der Waals surface area contributed by atoms with Gasteiger partial charge in [0.1, 0.15) is 0 Å². The summed E-state index contributed by atoms with van der Waals surface area (Å²) in [4.78, 5) is 1.23. The molecule has 1 heterocycles. The van der Waals surface area contributed by atoms with Gasteiger partial charge in [0, 0.05) is 9.75 Å². The van der Waals surface area contributed by atoms with Crippen LogP contribution in [0.1, 0.15) is 24.6 Å². The Labute approximate surface area is 167 Å². The van der Waals surface area contributed by atoms with Gasteiger partial charge in [-0.2, -0.15) is 0 Å². The molecule has 9 nitrogen and oxygen atoms in total. The third-order valence-corrected chi connectivity index (χ3v) is 5.86. The van der Waals surface area contributed by atoms with E-state index in [9.17, 15) is 46.0 Å². The first-order chi connectivity index (χ1) is 13.5. The third kappa shape index (κ3) is 2.85. The van der Waals surface area contributed by atoms with Gasteiger partial charge in [0.2, 0.25) is 17.2 Å². The number of phenolic OH excluding ortho intramolecular Hbond substituents is 9. The maximum atomic E-state index is 10.5. The fourth-order valence-corrected chi connectivity index (χ4v) is 3.95. The van der Waals surface area contributed by atoms with Crippen molar-refractivity contribution in [3.8, 4) is 73.3 Å². The molecule has 10 heteroatoms. The van der Waals surface area contributed by atoms with Gasteiger partial charge in [0.05, 0.1) is 16.7 Å². The topological polar surface area (TPSA) is 182 Å². The lowest BCUT2D eigenvalue weighted by Crippen LogP contribution is -1.89. The summed E-state index contributed by atoms with van der Waals surface area (Å²) in [6.07, 6.45) is 0. The predicted molar refractivity (Wildman–Crippen MR) is 104 cm³/mol. The van der Waals surface area contributed by atoms with Crippen LogP contribution < -0.4 is 0 Å². The second kappa shape index (κ2) is 6.74. The van der Waals surface area contributed by atoms with Crippen molar-refractivity contribution < 1.29 is 46.0 Å². The fraction of sp³-hybridized carbons (Fsp3) is 0.158. The molecule has 2 aromatic carbocycles. The maximum Gasteiger partial charge on any atom is 0.208 e. The minimum absolute atomic E-state index is 0.149. The molecule has 0 bridgehead atoms. The van der Waals surface area contributed by atoms with E-state index in [1.165, 1.54) is 11.3 Å². The quantitative estimate of drug-likeness (QED) is 0.225. The fourth-order valence-electron chi connectivity index (χ4n) is 2.89. The molecule has 0 saturated heterocycles. The Bertz CT molecular complexity index is 1070. The molecule has 0 aliphatic carbocycles. The highest BCUT2D eigenvalue weighted by Gasteiger charge is 2.33. The lowest BCUT2D eigenvalue weighted by atomic mass is 9.96. The first-order valence-electron chi connectivity index (χ1n) is 8.27. The lowest BCUT2D eigenvalue weighted by Gasteiger charge is -2.18. The predicted octanol–water partition coefficient (Wildman–Crippen LogP) is 3.56. The monoisotopic (exact) mass is 422 g/mol.